The van der Waals surface area contributed by atoms with Gasteiger partial charge in [0.15, 0.2) is 0 Å². The number of hydrogen-bond acceptors (Lipinski definition) is 11. The minimum atomic E-state index is -1.36. The smallest absolute Gasteiger partial charge is 0.413 e. The maximum atomic E-state index is 13.8. The lowest BCUT2D eigenvalue weighted by atomic mass is 9.98. The Labute approximate surface area is 369 Å². The molecule has 2 amide bonds. The zero-order chi connectivity index (χ0) is 46.4. The summed E-state index contributed by atoms with van der Waals surface area (Å²) in [5.74, 6) is -2.67. The molecule has 13 heteroatoms. The number of amides is 2. The lowest BCUT2D eigenvalue weighted by molar-refractivity contribution is -0.165. The predicted octanol–water partition coefficient (Wildman–Crippen LogP) is 9.21. The summed E-state index contributed by atoms with van der Waals surface area (Å²) >= 11 is 0. The molecule has 4 aromatic rings. The summed E-state index contributed by atoms with van der Waals surface area (Å²) in [5, 5.41) is 13.7. The van der Waals surface area contributed by atoms with Gasteiger partial charge in [0.2, 0.25) is 5.91 Å². The first-order valence-corrected chi connectivity index (χ1v) is 20.4. The first kappa shape index (κ1) is 48.6. The molecule has 0 aromatic heterocycles. The molecule has 13 nitrogen and oxygen atoms in total. The van der Waals surface area contributed by atoms with Gasteiger partial charge in [-0.3, -0.25) is 20.3 Å². The van der Waals surface area contributed by atoms with Crippen molar-refractivity contribution in [1.82, 2.24) is 10.6 Å². The number of hydrogen-bond donors (Lipinski definition) is 3. The van der Waals surface area contributed by atoms with Gasteiger partial charge in [0.05, 0.1) is 12.0 Å². The molecule has 0 aliphatic rings. The minimum absolute atomic E-state index is 0.00127. The quantitative estimate of drug-likeness (QED) is 0.0261. The Balaban J connectivity index is 1.75. The molecular formula is C50H57N3O10. The molecule has 63 heavy (non-hydrogen) atoms. The molecule has 4 rings (SSSR count). The Morgan fingerprint density at radius 3 is 1.86 bits per heavy atom. The number of rotatable bonds is 15. The Hall–Kier alpha value is -7.02. The normalized spacial score (nSPS) is 12.3. The van der Waals surface area contributed by atoms with Gasteiger partial charge in [-0.05, 0) is 115 Å². The standard InChI is InChI=1S/C50H57N3O10/c1-48(2,3)61-43(55)30-40(46(57)62-49(4,5)6)52-42(54)28-25-35-21-16-22-39(45(56)60-32-34-19-14-11-15-20-34)38(35)26-23-36-29-37(44(51)53-47(58)63-50(7,8)9)24-27-41(36)59-31-33-17-12-10-13-18-33/h10-29,40H,30-32H2,1-9H3,(H,52,54)(H2,51,53,58)/b26-23?,28-25+. The number of esters is 3. The van der Waals surface area contributed by atoms with Crippen LogP contribution in [0.1, 0.15) is 112 Å². The molecule has 4 aromatic carbocycles. The minimum Gasteiger partial charge on any atom is -0.488 e. The molecule has 0 saturated carbocycles. The Bertz CT molecular complexity index is 2320. The van der Waals surface area contributed by atoms with E-state index in [-0.39, 0.29) is 24.6 Å². The third-order valence-corrected chi connectivity index (χ3v) is 8.38. The summed E-state index contributed by atoms with van der Waals surface area (Å²) < 4.78 is 28.2. The number of nitrogens with one attached hydrogen (secondary N) is 3. The van der Waals surface area contributed by atoms with Crippen LogP contribution in [0.2, 0.25) is 0 Å². The van der Waals surface area contributed by atoms with Crippen molar-refractivity contribution in [3.63, 3.8) is 0 Å². The maximum absolute atomic E-state index is 13.8. The molecule has 0 saturated heterocycles. The van der Waals surface area contributed by atoms with Crippen LogP contribution >= 0.6 is 0 Å². The van der Waals surface area contributed by atoms with E-state index in [1.165, 1.54) is 12.2 Å². The summed E-state index contributed by atoms with van der Waals surface area (Å²) in [4.78, 5) is 65.8. The van der Waals surface area contributed by atoms with Crippen LogP contribution in [0.25, 0.3) is 18.2 Å². The second kappa shape index (κ2) is 21.7. The van der Waals surface area contributed by atoms with Crippen molar-refractivity contribution < 1.29 is 47.7 Å². The van der Waals surface area contributed by atoms with E-state index in [0.29, 0.717) is 28.0 Å². The fourth-order valence-electron chi connectivity index (χ4n) is 5.75. The molecule has 0 aliphatic carbocycles. The van der Waals surface area contributed by atoms with E-state index in [9.17, 15) is 24.0 Å². The van der Waals surface area contributed by atoms with Crippen molar-refractivity contribution in [3.05, 3.63) is 142 Å². The fourth-order valence-corrected chi connectivity index (χ4v) is 5.75. The van der Waals surface area contributed by atoms with Gasteiger partial charge in [0.1, 0.15) is 47.6 Å². The van der Waals surface area contributed by atoms with Crippen molar-refractivity contribution in [2.24, 2.45) is 0 Å². The molecular weight excluding hydrogens is 803 g/mol. The number of ether oxygens (including phenoxy) is 5. The second-order valence-corrected chi connectivity index (χ2v) is 17.5. The summed E-state index contributed by atoms with van der Waals surface area (Å²) in [6, 6.07) is 27.2. The van der Waals surface area contributed by atoms with Gasteiger partial charge >= 0.3 is 24.0 Å². The van der Waals surface area contributed by atoms with Crippen LogP contribution < -0.4 is 15.4 Å². The lowest BCUT2D eigenvalue weighted by Gasteiger charge is -2.25. The largest absolute Gasteiger partial charge is 0.488 e. The molecule has 3 N–H and O–H groups in total. The van der Waals surface area contributed by atoms with Gasteiger partial charge in [-0.25, -0.2) is 14.4 Å². The van der Waals surface area contributed by atoms with Crippen LogP contribution in [0.4, 0.5) is 4.79 Å². The number of amidine groups is 1. The Morgan fingerprint density at radius 1 is 0.651 bits per heavy atom. The van der Waals surface area contributed by atoms with Gasteiger partial charge in [0, 0.05) is 17.2 Å². The zero-order valence-electron chi connectivity index (χ0n) is 37.3. The first-order chi connectivity index (χ1) is 29.5. The number of alkyl carbamates (subject to hydrolysis) is 1. The SMILES string of the molecule is CC(C)(C)OC(=O)CC(NC(=O)/C=C/c1cccc(C(=O)OCc2ccccc2)c1C=Cc1cc(C(=N)NC(=O)OC(C)(C)C)ccc1OCc1ccccc1)C(=O)OC(C)(C)C. The molecule has 0 heterocycles. The van der Waals surface area contributed by atoms with E-state index in [0.717, 1.165) is 11.1 Å². The number of benzene rings is 4. The maximum Gasteiger partial charge on any atom is 0.413 e. The van der Waals surface area contributed by atoms with Crippen LogP contribution in [0.5, 0.6) is 5.75 Å². The average molecular weight is 860 g/mol. The van der Waals surface area contributed by atoms with Gasteiger partial charge < -0.3 is 29.0 Å². The van der Waals surface area contributed by atoms with Crippen LogP contribution in [0.3, 0.4) is 0 Å². The molecule has 332 valence electrons. The first-order valence-electron chi connectivity index (χ1n) is 20.4. The van der Waals surface area contributed by atoms with Gasteiger partial charge in [-0.2, -0.15) is 0 Å². The molecule has 1 unspecified atom stereocenters. The topological polar surface area (TPSA) is 179 Å². The molecule has 1 atom stereocenters. The zero-order valence-corrected chi connectivity index (χ0v) is 37.3. The monoisotopic (exact) mass is 859 g/mol. The van der Waals surface area contributed by atoms with Crippen molar-refractivity contribution >= 4 is 54.0 Å². The van der Waals surface area contributed by atoms with E-state index >= 15 is 0 Å². The third kappa shape index (κ3) is 17.1. The van der Waals surface area contributed by atoms with Crippen LogP contribution in [-0.2, 0) is 46.5 Å². The molecule has 0 aliphatic heterocycles. The van der Waals surface area contributed by atoms with Crippen molar-refractivity contribution in [3.8, 4) is 5.75 Å². The number of carbonyl (C=O) groups is 5. The molecule has 0 spiro atoms. The van der Waals surface area contributed by atoms with Gasteiger partial charge in [-0.1, -0.05) is 84.9 Å². The average Bonchev–Trinajstić information content (AvgIpc) is 3.19. The molecule has 0 bridgehead atoms. The van der Waals surface area contributed by atoms with Crippen molar-refractivity contribution in [2.75, 3.05) is 0 Å². The summed E-state index contributed by atoms with van der Waals surface area (Å²) in [7, 11) is 0. The summed E-state index contributed by atoms with van der Waals surface area (Å²) in [6.45, 7) is 15.5. The number of carbonyl (C=O) groups excluding carboxylic acids is 5. The third-order valence-electron chi connectivity index (χ3n) is 8.38. The second-order valence-electron chi connectivity index (χ2n) is 17.5. The highest BCUT2D eigenvalue weighted by molar-refractivity contribution is 6.05. The van der Waals surface area contributed by atoms with E-state index in [1.807, 2.05) is 60.7 Å². The predicted molar refractivity (Wildman–Crippen MR) is 242 cm³/mol. The van der Waals surface area contributed by atoms with E-state index in [2.05, 4.69) is 10.6 Å². The summed E-state index contributed by atoms with van der Waals surface area (Å²) in [5.41, 5.74) is 0.949. The highest BCUT2D eigenvalue weighted by Gasteiger charge is 2.30. The van der Waals surface area contributed by atoms with Crippen LogP contribution in [0, 0.1) is 5.41 Å². The Morgan fingerprint density at radius 2 is 1.25 bits per heavy atom. The molecule has 0 radical (unpaired) electrons. The van der Waals surface area contributed by atoms with E-state index < -0.39 is 59.2 Å². The van der Waals surface area contributed by atoms with E-state index in [1.54, 1.807) is 111 Å². The van der Waals surface area contributed by atoms with Crippen LogP contribution in [0.15, 0.2) is 103 Å². The van der Waals surface area contributed by atoms with Gasteiger partial charge in [-0.15, -0.1) is 0 Å². The van der Waals surface area contributed by atoms with Crippen LogP contribution in [-0.4, -0.2) is 58.6 Å². The van der Waals surface area contributed by atoms with Crippen molar-refractivity contribution in [1.29, 1.82) is 5.41 Å². The fraction of sp³-hybridized carbons (Fsp3) is 0.320. The van der Waals surface area contributed by atoms with Crippen molar-refractivity contribution in [2.45, 2.75) is 105 Å². The van der Waals surface area contributed by atoms with E-state index in [4.69, 9.17) is 29.1 Å². The summed E-state index contributed by atoms with van der Waals surface area (Å²) in [6.07, 6.45) is 4.72. The molecule has 0 fully saturated rings. The Kier molecular flexibility index (Phi) is 16.7. The van der Waals surface area contributed by atoms with Gasteiger partial charge in [0.25, 0.3) is 0 Å². The lowest BCUT2D eigenvalue weighted by Crippen LogP contribution is -2.45. The highest BCUT2D eigenvalue weighted by Crippen LogP contribution is 2.27. The highest BCUT2D eigenvalue weighted by atomic mass is 16.6.